The van der Waals surface area contributed by atoms with Crippen LogP contribution in [0.25, 0.3) is 0 Å². The van der Waals surface area contributed by atoms with Gasteiger partial charge in [0.1, 0.15) is 11.7 Å². The molecule has 0 spiro atoms. The number of nitrogens with zero attached hydrogens (tertiary/aromatic N) is 1. The van der Waals surface area contributed by atoms with E-state index in [0.717, 1.165) is 0 Å². The van der Waals surface area contributed by atoms with Crippen LogP contribution in [0.1, 0.15) is 39.5 Å². The number of likely N-dealkylation sites (N-methyl/N-ethyl adjacent to an activating group) is 1. The van der Waals surface area contributed by atoms with E-state index in [1.54, 1.807) is 0 Å². The summed E-state index contributed by atoms with van der Waals surface area (Å²) in [7, 11) is 1.47. The third-order valence-electron chi connectivity index (χ3n) is 3.65. The minimum absolute atomic E-state index is 0.221. The van der Waals surface area contributed by atoms with Crippen LogP contribution in [0.2, 0.25) is 0 Å². The van der Waals surface area contributed by atoms with Crippen molar-refractivity contribution in [1.82, 2.24) is 4.90 Å². The largest absolute Gasteiger partial charge is 0.480 e. The molecule has 4 nitrogen and oxygen atoms in total. The lowest BCUT2D eigenvalue weighted by atomic mass is 9.86. The summed E-state index contributed by atoms with van der Waals surface area (Å²) < 4.78 is 13.2. The van der Waals surface area contributed by atoms with Crippen LogP contribution in [0.3, 0.4) is 0 Å². The zero-order valence-corrected chi connectivity index (χ0v) is 10.6. The van der Waals surface area contributed by atoms with Crippen molar-refractivity contribution in [2.24, 2.45) is 5.92 Å². The summed E-state index contributed by atoms with van der Waals surface area (Å²) in [6.45, 7) is 2.95. The van der Waals surface area contributed by atoms with Crippen LogP contribution in [0, 0.1) is 5.92 Å². The molecule has 2 unspecified atom stereocenters. The highest BCUT2D eigenvalue weighted by atomic mass is 19.1. The number of hydrogen-bond acceptors (Lipinski definition) is 2. The predicted octanol–water partition coefficient (Wildman–Crippen LogP) is 1.84. The van der Waals surface area contributed by atoms with Gasteiger partial charge in [-0.2, -0.15) is 0 Å². The van der Waals surface area contributed by atoms with E-state index < -0.39 is 17.7 Å². The molecule has 0 bridgehead atoms. The first-order valence-electron chi connectivity index (χ1n) is 5.92. The summed E-state index contributed by atoms with van der Waals surface area (Å²) in [6, 6.07) is 0. The molecule has 0 heterocycles. The highest BCUT2D eigenvalue weighted by molar-refractivity contribution is 5.87. The zero-order chi connectivity index (χ0) is 13.2. The van der Waals surface area contributed by atoms with Gasteiger partial charge in [-0.25, -0.2) is 9.18 Å². The average molecular weight is 245 g/mol. The molecule has 5 heteroatoms. The van der Waals surface area contributed by atoms with Crippen LogP contribution >= 0.6 is 0 Å². The maximum absolute atomic E-state index is 13.2. The Balaban J connectivity index is 2.72. The first-order chi connectivity index (χ1) is 7.76. The van der Waals surface area contributed by atoms with Crippen molar-refractivity contribution in [3.05, 3.63) is 0 Å². The maximum Gasteiger partial charge on any atom is 0.329 e. The quantitative estimate of drug-likeness (QED) is 0.825. The van der Waals surface area contributed by atoms with Crippen molar-refractivity contribution in [3.63, 3.8) is 0 Å². The lowest BCUT2D eigenvalue weighted by molar-refractivity contribution is -0.157. The Bertz CT molecular complexity index is 317. The van der Waals surface area contributed by atoms with Gasteiger partial charge in [0.2, 0.25) is 5.91 Å². The van der Waals surface area contributed by atoms with E-state index >= 15 is 0 Å². The van der Waals surface area contributed by atoms with Gasteiger partial charge in [0.05, 0.1) is 0 Å². The number of carbonyl (C=O) groups excluding carboxylic acids is 1. The van der Waals surface area contributed by atoms with Gasteiger partial charge in [-0.05, 0) is 39.5 Å². The molecule has 0 aromatic heterocycles. The molecule has 98 valence electrons. The van der Waals surface area contributed by atoms with Gasteiger partial charge in [-0.15, -0.1) is 0 Å². The second-order valence-electron chi connectivity index (χ2n) is 5.22. The highest BCUT2D eigenvalue weighted by Crippen LogP contribution is 2.29. The molecule has 0 saturated heterocycles. The number of rotatable bonds is 3. The monoisotopic (exact) mass is 245 g/mol. The Labute approximate surface area is 101 Å². The van der Waals surface area contributed by atoms with E-state index in [9.17, 15) is 14.0 Å². The summed E-state index contributed by atoms with van der Waals surface area (Å²) in [5, 5.41) is 9.04. The molecular formula is C12H20FNO3. The number of halogens is 1. The molecule has 1 saturated carbocycles. The first kappa shape index (κ1) is 13.9. The van der Waals surface area contributed by atoms with Crippen molar-refractivity contribution >= 4 is 11.9 Å². The molecule has 0 radical (unpaired) electrons. The summed E-state index contributed by atoms with van der Waals surface area (Å²) in [4.78, 5) is 24.4. The van der Waals surface area contributed by atoms with E-state index in [0.29, 0.717) is 19.3 Å². The van der Waals surface area contributed by atoms with Crippen molar-refractivity contribution in [2.75, 3.05) is 7.05 Å². The number of amides is 1. The molecule has 1 aliphatic carbocycles. The summed E-state index contributed by atoms with van der Waals surface area (Å²) in [5.74, 6) is -1.69. The molecule has 1 aliphatic rings. The standard InChI is InChI=1S/C12H20FNO3/c1-12(2,11(16)17)14(3)10(15)8-5-4-6-9(13)7-8/h8-9H,4-7H2,1-3H3,(H,16,17). The molecule has 0 aromatic carbocycles. The fourth-order valence-electron chi connectivity index (χ4n) is 2.05. The van der Waals surface area contributed by atoms with E-state index in [-0.39, 0.29) is 18.2 Å². The fraction of sp³-hybridized carbons (Fsp3) is 0.833. The van der Waals surface area contributed by atoms with Gasteiger partial charge in [0.15, 0.2) is 0 Å². The number of aliphatic carboxylic acids is 1. The van der Waals surface area contributed by atoms with Crippen LogP contribution in [-0.2, 0) is 9.59 Å². The third kappa shape index (κ3) is 2.96. The van der Waals surface area contributed by atoms with Crippen LogP contribution in [0.5, 0.6) is 0 Å². The van der Waals surface area contributed by atoms with Crippen LogP contribution in [0.4, 0.5) is 4.39 Å². The summed E-state index contributed by atoms with van der Waals surface area (Å²) >= 11 is 0. The van der Waals surface area contributed by atoms with Crippen molar-refractivity contribution < 1.29 is 19.1 Å². The average Bonchev–Trinajstić information content (AvgIpc) is 2.26. The number of hydrogen-bond donors (Lipinski definition) is 1. The van der Waals surface area contributed by atoms with Crippen molar-refractivity contribution in [2.45, 2.75) is 51.2 Å². The lowest BCUT2D eigenvalue weighted by Gasteiger charge is -2.35. The molecule has 1 rings (SSSR count). The maximum atomic E-state index is 13.2. The molecule has 0 aliphatic heterocycles. The highest BCUT2D eigenvalue weighted by Gasteiger charge is 2.39. The Morgan fingerprint density at radius 3 is 2.41 bits per heavy atom. The number of carbonyl (C=O) groups is 2. The van der Waals surface area contributed by atoms with Crippen LogP contribution < -0.4 is 0 Å². The Kier molecular flexibility index (Phi) is 4.11. The number of alkyl halides is 1. The number of carboxylic acid groups (broad SMARTS) is 1. The van der Waals surface area contributed by atoms with Gasteiger partial charge < -0.3 is 10.0 Å². The van der Waals surface area contributed by atoms with Gasteiger partial charge >= 0.3 is 5.97 Å². The molecule has 2 atom stereocenters. The molecule has 1 N–H and O–H groups in total. The summed E-state index contributed by atoms with van der Waals surface area (Å²) in [6.07, 6.45) is 1.14. The van der Waals surface area contributed by atoms with Crippen molar-refractivity contribution in [3.8, 4) is 0 Å². The Hall–Kier alpha value is -1.13. The number of carboxylic acids is 1. The zero-order valence-electron chi connectivity index (χ0n) is 10.6. The lowest BCUT2D eigenvalue weighted by Crippen LogP contribution is -2.53. The fourth-order valence-corrected chi connectivity index (χ4v) is 2.05. The minimum atomic E-state index is -1.25. The SMILES string of the molecule is CN(C(=O)C1CCCC(F)C1)C(C)(C)C(=O)O. The van der Waals surface area contributed by atoms with Gasteiger partial charge in [-0.1, -0.05) is 0 Å². The molecule has 0 aromatic rings. The van der Waals surface area contributed by atoms with E-state index in [1.165, 1.54) is 25.8 Å². The van der Waals surface area contributed by atoms with E-state index in [2.05, 4.69) is 0 Å². The van der Waals surface area contributed by atoms with Gasteiger partial charge in [0, 0.05) is 13.0 Å². The second-order valence-corrected chi connectivity index (χ2v) is 5.22. The molecule has 1 fully saturated rings. The van der Waals surface area contributed by atoms with Crippen LogP contribution in [0.15, 0.2) is 0 Å². The minimum Gasteiger partial charge on any atom is -0.480 e. The van der Waals surface area contributed by atoms with Gasteiger partial charge in [0.25, 0.3) is 0 Å². The molecule has 17 heavy (non-hydrogen) atoms. The first-order valence-corrected chi connectivity index (χ1v) is 5.92. The van der Waals surface area contributed by atoms with Crippen LogP contribution in [-0.4, -0.2) is 40.6 Å². The Morgan fingerprint density at radius 2 is 1.94 bits per heavy atom. The Morgan fingerprint density at radius 1 is 1.35 bits per heavy atom. The smallest absolute Gasteiger partial charge is 0.329 e. The van der Waals surface area contributed by atoms with Crippen molar-refractivity contribution in [1.29, 1.82) is 0 Å². The second kappa shape index (κ2) is 5.02. The third-order valence-corrected chi connectivity index (χ3v) is 3.65. The van der Waals surface area contributed by atoms with E-state index in [1.807, 2.05) is 0 Å². The predicted molar refractivity (Wildman–Crippen MR) is 61.3 cm³/mol. The normalized spacial score (nSPS) is 25.4. The van der Waals surface area contributed by atoms with Gasteiger partial charge in [-0.3, -0.25) is 4.79 Å². The summed E-state index contributed by atoms with van der Waals surface area (Å²) in [5.41, 5.74) is -1.25. The van der Waals surface area contributed by atoms with E-state index in [4.69, 9.17) is 5.11 Å². The molecule has 1 amide bonds. The topological polar surface area (TPSA) is 57.6 Å². The molecular weight excluding hydrogens is 225 g/mol.